The number of aryl methyl sites for hydroxylation is 1. The topological polar surface area (TPSA) is 55.1 Å². The van der Waals surface area contributed by atoms with Crippen LogP contribution in [0.1, 0.15) is 18.2 Å². The smallest absolute Gasteiger partial charge is 0.313 e. The van der Waals surface area contributed by atoms with E-state index < -0.39 is 17.6 Å². The van der Waals surface area contributed by atoms with Crippen LogP contribution in [-0.4, -0.2) is 26.4 Å². The third kappa shape index (κ3) is 3.81. The average Bonchev–Trinajstić information content (AvgIpc) is 2.82. The van der Waals surface area contributed by atoms with Crippen molar-refractivity contribution in [3.05, 3.63) is 47.3 Å². The summed E-state index contributed by atoms with van der Waals surface area (Å²) in [6.07, 6.45) is 2.38. The van der Waals surface area contributed by atoms with Gasteiger partial charge in [-0.2, -0.15) is 0 Å². The minimum absolute atomic E-state index is 0.0993. The summed E-state index contributed by atoms with van der Waals surface area (Å²) in [5.74, 6) is -2.82. The SMILES string of the molecule is CCc1cnc(SCC(=O)O)n1Cc1ccc(F)c(F)c1. The fourth-order valence-electron chi connectivity index (χ4n) is 1.91. The fraction of sp³-hybridized carbons (Fsp3) is 0.286. The predicted octanol–water partition coefficient (Wildman–Crippen LogP) is 2.95. The van der Waals surface area contributed by atoms with Crippen molar-refractivity contribution in [3.8, 4) is 0 Å². The summed E-state index contributed by atoms with van der Waals surface area (Å²) in [7, 11) is 0. The Morgan fingerprint density at radius 3 is 2.76 bits per heavy atom. The number of carboxylic acid groups (broad SMARTS) is 1. The third-order valence-corrected chi connectivity index (χ3v) is 3.89. The molecule has 21 heavy (non-hydrogen) atoms. The minimum Gasteiger partial charge on any atom is -0.481 e. The molecular formula is C14H14F2N2O2S. The van der Waals surface area contributed by atoms with Crippen LogP contribution in [0.4, 0.5) is 8.78 Å². The van der Waals surface area contributed by atoms with Crippen LogP contribution in [0.5, 0.6) is 0 Å². The highest BCUT2D eigenvalue weighted by molar-refractivity contribution is 7.99. The quantitative estimate of drug-likeness (QED) is 0.833. The number of hydrogen-bond acceptors (Lipinski definition) is 3. The maximum Gasteiger partial charge on any atom is 0.313 e. The number of hydrogen-bond donors (Lipinski definition) is 1. The predicted molar refractivity (Wildman–Crippen MR) is 75.4 cm³/mol. The molecule has 4 nitrogen and oxygen atoms in total. The summed E-state index contributed by atoms with van der Waals surface area (Å²) < 4.78 is 28.0. The van der Waals surface area contributed by atoms with Gasteiger partial charge in [0.05, 0.1) is 5.75 Å². The lowest BCUT2D eigenvalue weighted by Crippen LogP contribution is -2.07. The van der Waals surface area contributed by atoms with Gasteiger partial charge in [-0.25, -0.2) is 13.8 Å². The molecule has 2 rings (SSSR count). The van der Waals surface area contributed by atoms with Crippen LogP contribution in [0.2, 0.25) is 0 Å². The molecule has 0 saturated carbocycles. The molecule has 0 saturated heterocycles. The first-order chi connectivity index (χ1) is 10.0. The van der Waals surface area contributed by atoms with Crippen molar-refractivity contribution in [1.82, 2.24) is 9.55 Å². The zero-order valence-electron chi connectivity index (χ0n) is 11.3. The minimum atomic E-state index is -0.930. The molecule has 1 N–H and O–H groups in total. The number of carbonyl (C=O) groups is 1. The fourth-order valence-corrected chi connectivity index (χ4v) is 2.62. The first kappa shape index (κ1) is 15.5. The molecule has 0 bridgehead atoms. The highest BCUT2D eigenvalue weighted by Gasteiger charge is 2.12. The Kier molecular flexibility index (Phi) is 4.95. The van der Waals surface area contributed by atoms with E-state index in [1.54, 1.807) is 6.20 Å². The Balaban J connectivity index is 2.26. The number of carboxylic acids is 1. The van der Waals surface area contributed by atoms with Crippen LogP contribution in [0.15, 0.2) is 29.6 Å². The van der Waals surface area contributed by atoms with Gasteiger partial charge in [-0.15, -0.1) is 0 Å². The zero-order valence-corrected chi connectivity index (χ0v) is 12.2. The van der Waals surface area contributed by atoms with Crippen molar-refractivity contribution in [3.63, 3.8) is 0 Å². The van der Waals surface area contributed by atoms with Crippen LogP contribution in [0.25, 0.3) is 0 Å². The number of nitrogens with zero attached hydrogens (tertiary/aromatic N) is 2. The zero-order chi connectivity index (χ0) is 15.4. The van der Waals surface area contributed by atoms with Gasteiger partial charge in [0.1, 0.15) is 0 Å². The highest BCUT2D eigenvalue weighted by atomic mass is 32.2. The number of benzene rings is 1. The Bertz CT molecular complexity index is 658. The highest BCUT2D eigenvalue weighted by Crippen LogP contribution is 2.21. The lowest BCUT2D eigenvalue weighted by atomic mass is 10.2. The lowest BCUT2D eigenvalue weighted by Gasteiger charge is -2.11. The molecule has 0 fully saturated rings. The molecule has 0 spiro atoms. The molecule has 0 amide bonds. The van der Waals surface area contributed by atoms with E-state index in [1.165, 1.54) is 6.07 Å². The second-order valence-corrected chi connectivity index (χ2v) is 5.35. The molecule has 2 aromatic rings. The van der Waals surface area contributed by atoms with Gasteiger partial charge in [0.15, 0.2) is 16.8 Å². The number of aromatic nitrogens is 2. The van der Waals surface area contributed by atoms with E-state index in [2.05, 4.69) is 4.98 Å². The molecule has 1 aromatic carbocycles. The van der Waals surface area contributed by atoms with Gasteiger partial charge in [-0.1, -0.05) is 24.8 Å². The van der Waals surface area contributed by atoms with Crippen LogP contribution >= 0.6 is 11.8 Å². The van der Waals surface area contributed by atoms with Gasteiger partial charge in [-0.3, -0.25) is 4.79 Å². The maximum absolute atomic E-state index is 13.3. The largest absolute Gasteiger partial charge is 0.481 e. The van der Waals surface area contributed by atoms with E-state index in [4.69, 9.17) is 5.11 Å². The number of rotatable bonds is 6. The number of thioether (sulfide) groups is 1. The molecule has 0 atom stereocenters. The summed E-state index contributed by atoms with van der Waals surface area (Å²) >= 11 is 1.10. The molecule has 0 aliphatic heterocycles. The van der Waals surface area contributed by atoms with Crippen molar-refractivity contribution in [2.75, 3.05) is 5.75 Å². The molecular weight excluding hydrogens is 298 g/mol. The lowest BCUT2D eigenvalue weighted by molar-refractivity contribution is -0.133. The Morgan fingerprint density at radius 2 is 2.14 bits per heavy atom. The van der Waals surface area contributed by atoms with Crippen LogP contribution in [-0.2, 0) is 17.8 Å². The van der Waals surface area contributed by atoms with Gasteiger partial charge in [0.2, 0.25) is 0 Å². The molecule has 1 heterocycles. The van der Waals surface area contributed by atoms with E-state index >= 15 is 0 Å². The first-order valence-electron chi connectivity index (χ1n) is 6.34. The molecule has 0 aliphatic carbocycles. The van der Waals surface area contributed by atoms with Gasteiger partial charge < -0.3 is 9.67 Å². The molecule has 0 radical (unpaired) electrons. The van der Waals surface area contributed by atoms with Gasteiger partial charge >= 0.3 is 5.97 Å². The summed E-state index contributed by atoms with van der Waals surface area (Å²) in [6.45, 7) is 2.27. The van der Waals surface area contributed by atoms with Crippen molar-refractivity contribution in [2.45, 2.75) is 25.0 Å². The van der Waals surface area contributed by atoms with E-state index in [-0.39, 0.29) is 5.75 Å². The molecule has 0 aliphatic rings. The van der Waals surface area contributed by atoms with Gasteiger partial charge in [0, 0.05) is 18.4 Å². The number of aliphatic carboxylic acids is 1. The standard InChI is InChI=1S/C14H14F2N2O2S/c1-2-10-6-17-14(21-8-13(19)20)18(10)7-9-3-4-11(15)12(16)5-9/h3-6H,2,7-8H2,1H3,(H,19,20). The Labute approximate surface area is 124 Å². The molecule has 1 aromatic heterocycles. The summed E-state index contributed by atoms with van der Waals surface area (Å²) in [5.41, 5.74) is 1.51. The second-order valence-electron chi connectivity index (χ2n) is 4.40. The maximum atomic E-state index is 13.3. The normalized spacial score (nSPS) is 10.8. The van der Waals surface area contributed by atoms with E-state index in [0.29, 0.717) is 23.7 Å². The third-order valence-electron chi connectivity index (χ3n) is 2.91. The van der Waals surface area contributed by atoms with Crippen molar-refractivity contribution in [1.29, 1.82) is 0 Å². The number of halogens is 2. The average molecular weight is 312 g/mol. The van der Waals surface area contributed by atoms with Crippen molar-refractivity contribution < 1.29 is 18.7 Å². The van der Waals surface area contributed by atoms with E-state index in [0.717, 1.165) is 29.6 Å². The van der Waals surface area contributed by atoms with Gasteiger partial charge in [0.25, 0.3) is 0 Å². The van der Waals surface area contributed by atoms with E-state index in [9.17, 15) is 13.6 Å². The van der Waals surface area contributed by atoms with Crippen LogP contribution in [0.3, 0.4) is 0 Å². The number of imidazole rings is 1. The van der Waals surface area contributed by atoms with Crippen molar-refractivity contribution in [2.24, 2.45) is 0 Å². The summed E-state index contributed by atoms with van der Waals surface area (Å²) in [4.78, 5) is 14.8. The molecule has 112 valence electrons. The monoisotopic (exact) mass is 312 g/mol. The van der Waals surface area contributed by atoms with Crippen LogP contribution < -0.4 is 0 Å². The molecule has 0 unspecified atom stereocenters. The van der Waals surface area contributed by atoms with Crippen molar-refractivity contribution >= 4 is 17.7 Å². The summed E-state index contributed by atoms with van der Waals surface area (Å²) in [5, 5.41) is 9.29. The Morgan fingerprint density at radius 1 is 1.38 bits per heavy atom. The Hall–Kier alpha value is -1.89. The first-order valence-corrected chi connectivity index (χ1v) is 7.32. The van der Waals surface area contributed by atoms with E-state index in [1.807, 2.05) is 11.5 Å². The molecule has 7 heteroatoms. The second kappa shape index (κ2) is 6.71. The van der Waals surface area contributed by atoms with Crippen LogP contribution in [0, 0.1) is 11.6 Å². The summed E-state index contributed by atoms with van der Waals surface area (Å²) in [6, 6.07) is 3.72. The van der Waals surface area contributed by atoms with Gasteiger partial charge in [-0.05, 0) is 24.1 Å².